The Hall–Kier alpha value is -2.92. The first-order valence-electron chi connectivity index (χ1n) is 9.86. The number of rotatable bonds is 4. The highest BCUT2D eigenvalue weighted by molar-refractivity contribution is 5.61. The van der Waals surface area contributed by atoms with Crippen molar-refractivity contribution in [2.75, 3.05) is 11.5 Å². The molecular formula is C23H29N5. The molecule has 0 bridgehead atoms. The van der Waals surface area contributed by atoms with Crippen LogP contribution in [0, 0.1) is 0 Å². The molecule has 0 radical (unpaired) electrons. The van der Waals surface area contributed by atoms with E-state index in [0.717, 1.165) is 16.8 Å². The van der Waals surface area contributed by atoms with E-state index in [9.17, 15) is 0 Å². The first-order valence-corrected chi connectivity index (χ1v) is 9.86. The third-order valence-corrected chi connectivity index (χ3v) is 4.92. The van der Waals surface area contributed by atoms with Crippen LogP contribution >= 0.6 is 0 Å². The molecule has 1 aliphatic rings. The second-order valence-corrected chi connectivity index (χ2v) is 7.25. The van der Waals surface area contributed by atoms with Crippen molar-refractivity contribution < 1.29 is 0 Å². The van der Waals surface area contributed by atoms with Gasteiger partial charge in [0.25, 0.3) is 0 Å². The van der Waals surface area contributed by atoms with Crippen LogP contribution in [-0.2, 0) is 12.8 Å². The van der Waals surface area contributed by atoms with Gasteiger partial charge in [0.1, 0.15) is 5.82 Å². The number of hydrogen-bond donors (Lipinski definition) is 3. The lowest BCUT2D eigenvalue weighted by Gasteiger charge is -2.10. The van der Waals surface area contributed by atoms with Crippen LogP contribution in [0.1, 0.15) is 48.3 Å². The molecule has 1 fully saturated rings. The van der Waals surface area contributed by atoms with Crippen LogP contribution in [0.3, 0.4) is 0 Å². The van der Waals surface area contributed by atoms with Crippen molar-refractivity contribution in [2.24, 2.45) is 5.73 Å². The zero-order chi connectivity index (χ0) is 19.8. The van der Waals surface area contributed by atoms with E-state index < -0.39 is 0 Å². The monoisotopic (exact) mass is 375 g/mol. The lowest BCUT2D eigenvalue weighted by Crippen LogP contribution is -2.13. The van der Waals surface area contributed by atoms with Crippen molar-refractivity contribution in [3.8, 4) is 0 Å². The molecule has 1 aromatic heterocycles. The fourth-order valence-electron chi connectivity index (χ4n) is 3.33. The standard InChI is InChI=1S/C18H18N4.C5H11N/c19-17-15(11-13-7-3-1-4-8-13)21-16(22-18(17)20)12-14-9-5-2-6-10-14;6-5-3-1-2-4-5/h1-10H,11-12,19H2,(H2,20,21,22);5H,1-4,6H2. The maximum Gasteiger partial charge on any atom is 0.150 e. The van der Waals surface area contributed by atoms with Gasteiger partial charge in [0.05, 0.1) is 11.4 Å². The lowest BCUT2D eigenvalue weighted by molar-refractivity contribution is 0.704. The highest BCUT2D eigenvalue weighted by atomic mass is 15.0. The molecule has 0 aliphatic heterocycles. The third-order valence-electron chi connectivity index (χ3n) is 4.92. The van der Waals surface area contributed by atoms with Crippen molar-refractivity contribution in [1.29, 1.82) is 0 Å². The average molecular weight is 376 g/mol. The lowest BCUT2D eigenvalue weighted by atomic mass is 10.1. The Morgan fingerprint density at radius 2 is 1.29 bits per heavy atom. The van der Waals surface area contributed by atoms with Crippen molar-refractivity contribution >= 4 is 11.5 Å². The summed E-state index contributed by atoms with van der Waals surface area (Å²) in [6.45, 7) is 0. The Morgan fingerprint density at radius 3 is 1.79 bits per heavy atom. The molecule has 1 saturated carbocycles. The molecular weight excluding hydrogens is 346 g/mol. The maximum absolute atomic E-state index is 6.04. The van der Waals surface area contributed by atoms with Gasteiger partial charge < -0.3 is 17.2 Å². The minimum atomic E-state index is 0.354. The molecule has 2 aromatic carbocycles. The minimum absolute atomic E-state index is 0.354. The van der Waals surface area contributed by atoms with E-state index >= 15 is 0 Å². The van der Waals surface area contributed by atoms with Crippen molar-refractivity contribution in [1.82, 2.24) is 9.97 Å². The number of hydrogen-bond acceptors (Lipinski definition) is 5. The van der Waals surface area contributed by atoms with Gasteiger partial charge in [-0.15, -0.1) is 0 Å². The minimum Gasteiger partial charge on any atom is -0.394 e. The molecule has 0 unspecified atom stereocenters. The zero-order valence-corrected chi connectivity index (χ0v) is 16.2. The van der Waals surface area contributed by atoms with E-state index in [2.05, 4.69) is 22.1 Å². The SMILES string of the molecule is NC1CCCC1.Nc1nc(Cc2ccccc2)nc(Cc2ccccc2)c1N. The first kappa shape index (κ1) is 19.8. The molecule has 5 nitrogen and oxygen atoms in total. The molecule has 0 spiro atoms. The quantitative estimate of drug-likeness (QED) is 0.645. The summed E-state index contributed by atoms with van der Waals surface area (Å²) in [7, 11) is 0. The molecule has 28 heavy (non-hydrogen) atoms. The highest BCUT2D eigenvalue weighted by Crippen LogP contribution is 2.20. The van der Waals surface area contributed by atoms with Crippen LogP contribution in [-0.4, -0.2) is 16.0 Å². The van der Waals surface area contributed by atoms with Crippen molar-refractivity contribution in [3.05, 3.63) is 83.3 Å². The number of benzene rings is 2. The van der Waals surface area contributed by atoms with Gasteiger partial charge in [-0.25, -0.2) is 9.97 Å². The van der Waals surface area contributed by atoms with Crippen LogP contribution in [0.15, 0.2) is 60.7 Å². The second-order valence-electron chi connectivity index (χ2n) is 7.25. The van der Waals surface area contributed by atoms with Crippen LogP contribution in [0.4, 0.5) is 11.5 Å². The molecule has 1 heterocycles. The fraction of sp³-hybridized carbons (Fsp3) is 0.304. The second kappa shape index (κ2) is 9.85. The van der Waals surface area contributed by atoms with Crippen LogP contribution in [0.2, 0.25) is 0 Å². The van der Waals surface area contributed by atoms with Gasteiger partial charge in [-0.2, -0.15) is 0 Å². The molecule has 0 saturated heterocycles. The van der Waals surface area contributed by atoms with Gasteiger partial charge in [0.2, 0.25) is 0 Å². The van der Waals surface area contributed by atoms with Gasteiger partial charge in [0.15, 0.2) is 5.82 Å². The topological polar surface area (TPSA) is 104 Å². The Labute approximate surface area is 167 Å². The molecule has 3 aromatic rings. The smallest absolute Gasteiger partial charge is 0.150 e. The zero-order valence-electron chi connectivity index (χ0n) is 16.2. The Morgan fingerprint density at radius 1 is 0.750 bits per heavy atom. The number of aromatic nitrogens is 2. The maximum atomic E-state index is 6.04. The number of nitrogens with zero attached hydrogens (tertiary/aromatic N) is 2. The van der Waals surface area contributed by atoms with E-state index in [0.29, 0.717) is 36.2 Å². The van der Waals surface area contributed by atoms with Crippen LogP contribution in [0.5, 0.6) is 0 Å². The highest BCUT2D eigenvalue weighted by Gasteiger charge is 2.11. The van der Waals surface area contributed by atoms with Crippen molar-refractivity contribution in [3.63, 3.8) is 0 Å². The molecule has 6 N–H and O–H groups in total. The summed E-state index contributed by atoms with van der Waals surface area (Å²) >= 11 is 0. The van der Waals surface area contributed by atoms with E-state index in [1.165, 1.54) is 25.7 Å². The summed E-state index contributed by atoms with van der Waals surface area (Å²) in [4.78, 5) is 8.92. The van der Waals surface area contributed by atoms with E-state index in [-0.39, 0.29) is 0 Å². The van der Waals surface area contributed by atoms with E-state index in [4.69, 9.17) is 17.2 Å². The van der Waals surface area contributed by atoms with Gasteiger partial charge in [-0.1, -0.05) is 73.5 Å². The molecule has 0 atom stereocenters. The van der Waals surface area contributed by atoms with Crippen LogP contribution in [0.25, 0.3) is 0 Å². The van der Waals surface area contributed by atoms with Gasteiger partial charge >= 0.3 is 0 Å². The number of anilines is 2. The summed E-state index contributed by atoms with van der Waals surface area (Å²) in [6.07, 6.45) is 6.55. The summed E-state index contributed by atoms with van der Waals surface area (Å²) in [5, 5.41) is 0. The molecule has 4 rings (SSSR count). The van der Waals surface area contributed by atoms with Gasteiger partial charge in [-0.05, 0) is 24.0 Å². The summed E-state index contributed by atoms with van der Waals surface area (Å²) in [5.41, 5.74) is 21.1. The predicted molar refractivity (Wildman–Crippen MR) is 116 cm³/mol. The fourth-order valence-corrected chi connectivity index (χ4v) is 3.33. The molecule has 0 amide bonds. The van der Waals surface area contributed by atoms with E-state index in [1.54, 1.807) is 0 Å². The van der Waals surface area contributed by atoms with Gasteiger partial charge in [-0.3, -0.25) is 0 Å². The number of nitrogens with two attached hydrogens (primary N) is 3. The Kier molecular flexibility index (Phi) is 6.98. The largest absolute Gasteiger partial charge is 0.394 e. The normalized spacial score (nSPS) is 13.8. The van der Waals surface area contributed by atoms with Crippen molar-refractivity contribution in [2.45, 2.75) is 44.6 Å². The Balaban J connectivity index is 0.000000320. The molecule has 1 aliphatic carbocycles. The van der Waals surface area contributed by atoms with Crippen LogP contribution < -0.4 is 17.2 Å². The number of nitrogen functional groups attached to an aromatic ring is 2. The summed E-state index contributed by atoms with van der Waals surface area (Å²) in [5.74, 6) is 1.05. The predicted octanol–water partition coefficient (Wildman–Crippen LogP) is 3.71. The van der Waals surface area contributed by atoms with Gasteiger partial charge in [0, 0.05) is 18.9 Å². The summed E-state index contributed by atoms with van der Waals surface area (Å²) in [6, 6.07) is 20.7. The summed E-state index contributed by atoms with van der Waals surface area (Å²) < 4.78 is 0. The molecule has 146 valence electrons. The average Bonchev–Trinajstić information content (AvgIpc) is 3.19. The third kappa shape index (κ3) is 5.79. The van der Waals surface area contributed by atoms with E-state index in [1.807, 2.05) is 48.5 Å². The first-order chi connectivity index (χ1) is 13.6. The Bertz CT molecular complexity index is 859. The molecule has 5 heteroatoms.